The molecule has 1 aromatic heterocycles. The molecule has 2 heterocycles. The largest absolute Gasteiger partial charge is 0.361 e. The summed E-state index contributed by atoms with van der Waals surface area (Å²) < 4.78 is 17.9. The molecule has 116 valence electrons. The number of likely N-dealkylation sites (tertiary alicyclic amines) is 1. The Morgan fingerprint density at radius 1 is 1.32 bits per heavy atom. The summed E-state index contributed by atoms with van der Waals surface area (Å²) in [7, 11) is 0. The van der Waals surface area contributed by atoms with E-state index in [-0.39, 0.29) is 11.7 Å². The SMILES string of the molecule is Cc1cc(C(=O)N2CCC(Cc3ccc(F)cc3)CC2)no1. The molecule has 0 spiro atoms. The molecular formula is C17H19FN2O2. The molecule has 1 aliphatic heterocycles. The molecule has 0 aliphatic carbocycles. The molecule has 5 heteroatoms. The number of aryl methyl sites for hydroxylation is 1. The molecule has 1 fully saturated rings. The monoisotopic (exact) mass is 302 g/mol. The molecule has 3 rings (SSSR count). The Kier molecular flexibility index (Phi) is 4.22. The number of piperidine rings is 1. The van der Waals surface area contributed by atoms with Gasteiger partial charge in [-0.2, -0.15) is 0 Å². The third kappa shape index (κ3) is 3.35. The quantitative estimate of drug-likeness (QED) is 0.874. The van der Waals surface area contributed by atoms with Crippen molar-refractivity contribution >= 4 is 5.91 Å². The van der Waals surface area contributed by atoms with Crippen LogP contribution in [0.2, 0.25) is 0 Å². The predicted octanol–water partition coefficient (Wildman–Crippen LogP) is 3.22. The summed E-state index contributed by atoms with van der Waals surface area (Å²) in [6, 6.07) is 8.35. The number of carbonyl (C=O) groups is 1. The van der Waals surface area contributed by atoms with Crippen LogP contribution >= 0.6 is 0 Å². The number of amides is 1. The third-order valence-corrected chi connectivity index (χ3v) is 4.19. The normalized spacial score (nSPS) is 16.0. The zero-order valence-electron chi connectivity index (χ0n) is 12.6. The van der Waals surface area contributed by atoms with E-state index in [9.17, 15) is 9.18 Å². The molecule has 4 nitrogen and oxygen atoms in total. The Balaban J connectivity index is 1.54. The van der Waals surface area contributed by atoms with E-state index in [1.807, 2.05) is 17.0 Å². The molecular weight excluding hydrogens is 283 g/mol. The van der Waals surface area contributed by atoms with Crippen molar-refractivity contribution in [2.75, 3.05) is 13.1 Å². The standard InChI is InChI=1S/C17H19FN2O2/c1-12-10-16(19-22-12)17(21)20-8-6-14(7-9-20)11-13-2-4-15(18)5-3-13/h2-5,10,14H,6-9,11H2,1H3. The highest BCUT2D eigenvalue weighted by Gasteiger charge is 2.25. The summed E-state index contributed by atoms with van der Waals surface area (Å²) in [5, 5.41) is 3.78. The number of benzene rings is 1. The number of aromatic nitrogens is 1. The summed E-state index contributed by atoms with van der Waals surface area (Å²) in [5.74, 6) is 0.923. The van der Waals surface area contributed by atoms with Crippen LogP contribution in [0.4, 0.5) is 4.39 Å². The van der Waals surface area contributed by atoms with Crippen LogP contribution in [-0.2, 0) is 6.42 Å². The van der Waals surface area contributed by atoms with Crippen molar-refractivity contribution in [3.8, 4) is 0 Å². The summed E-state index contributed by atoms with van der Waals surface area (Å²) in [6.07, 6.45) is 2.85. The van der Waals surface area contributed by atoms with Crippen LogP contribution in [0.15, 0.2) is 34.9 Å². The fourth-order valence-corrected chi connectivity index (χ4v) is 2.92. The topological polar surface area (TPSA) is 46.3 Å². The van der Waals surface area contributed by atoms with Gasteiger partial charge in [0, 0.05) is 19.2 Å². The number of carbonyl (C=O) groups excluding carboxylic acids is 1. The smallest absolute Gasteiger partial charge is 0.276 e. The Labute approximate surface area is 128 Å². The van der Waals surface area contributed by atoms with E-state index in [0.29, 0.717) is 17.4 Å². The highest BCUT2D eigenvalue weighted by Crippen LogP contribution is 2.23. The van der Waals surface area contributed by atoms with Crippen LogP contribution in [0, 0.1) is 18.7 Å². The molecule has 0 atom stereocenters. The van der Waals surface area contributed by atoms with Gasteiger partial charge in [-0.05, 0) is 49.8 Å². The molecule has 2 aromatic rings. The molecule has 0 unspecified atom stereocenters. The van der Waals surface area contributed by atoms with Crippen molar-refractivity contribution < 1.29 is 13.7 Å². The first-order valence-corrected chi connectivity index (χ1v) is 7.59. The second kappa shape index (κ2) is 6.30. The van der Waals surface area contributed by atoms with Crippen LogP contribution in [0.25, 0.3) is 0 Å². The van der Waals surface area contributed by atoms with Crippen molar-refractivity contribution in [2.24, 2.45) is 5.92 Å². The van der Waals surface area contributed by atoms with Crippen LogP contribution in [0.5, 0.6) is 0 Å². The van der Waals surface area contributed by atoms with E-state index >= 15 is 0 Å². The van der Waals surface area contributed by atoms with E-state index in [2.05, 4.69) is 5.16 Å². The van der Waals surface area contributed by atoms with Gasteiger partial charge < -0.3 is 9.42 Å². The van der Waals surface area contributed by atoms with Gasteiger partial charge in [0.2, 0.25) is 0 Å². The number of rotatable bonds is 3. The van der Waals surface area contributed by atoms with Gasteiger partial charge in [-0.3, -0.25) is 4.79 Å². The van der Waals surface area contributed by atoms with E-state index < -0.39 is 0 Å². The fourth-order valence-electron chi connectivity index (χ4n) is 2.92. The van der Waals surface area contributed by atoms with Gasteiger partial charge in [0.05, 0.1) is 0 Å². The van der Waals surface area contributed by atoms with E-state index in [0.717, 1.165) is 37.9 Å². The van der Waals surface area contributed by atoms with Gasteiger partial charge >= 0.3 is 0 Å². The minimum atomic E-state index is -0.202. The van der Waals surface area contributed by atoms with Gasteiger partial charge in [-0.25, -0.2) is 4.39 Å². The minimum absolute atomic E-state index is 0.0583. The maximum Gasteiger partial charge on any atom is 0.276 e. The zero-order chi connectivity index (χ0) is 15.5. The fraction of sp³-hybridized carbons (Fsp3) is 0.412. The molecule has 0 N–H and O–H groups in total. The van der Waals surface area contributed by atoms with Crippen molar-refractivity contribution in [1.82, 2.24) is 10.1 Å². The average Bonchev–Trinajstić information content (AvgIpc) is 2.96. The van der Waals surface area contributed by atoms with Crippen LogP contribution in [0.3, 0.4) is 0 Å². The summed E-state index contributed by atoms with van der Waals surface area (Å²) in [5.41, 5.74) is 1.53. The lowest BCUT2D eigenvalue weighted by molar-refractivity contribution is 0.0680. The first-order chi connectivity index (χ1) is 10.6. The van der Waals surface area contributed by atoms with Gasteiger partial charge in [0.1, 0.15) is 11.6 Å². The molecule has 1 aromatic carbocycles. The van der Waals surface area contributed by atoms with Crippen LogP contribution in [-0.4, -0.2) is 29.1 Å². The summed E-state index contributed by atoms with van der Waals surface area (Å²) >= 11 is 0. The van der Waals surface area contributed by atoms with Crippen molar-refractivity contribution in [3.05, 3.63) is 53.2 Å². The molecule has 0 saturated carbocycles. The molecule has 22 heavy (non-hydrogen) atoms. The Bertz CT molecular complexity index is 643. The predicted molar refractivity (Wildman–Crippen MR) is 80.0 cm³/mol. The van der Waals surface area contributed by atoms with Crippen LogP contribution < -0.4 is 0 Å². The zero-order valence-corrected chi connectivity index (χ0v) is 12.6. The second-order valence-corrected chi connectivity index (χ2v) is 5.89. The maximum absolute atomic E-state index is 12.9. The van der Waals surface area contributed by atoms with E-state index in [1.54, 1.807) is 13.0 Å². The van der Waals surface area contributed by atoms with Gasteiger partial charge in [0.25, 0.3) is 5.91 Å². The van der Waals surface area contributed by atoms with E-state index in [1.165, 1.54) is 12.1 Å². The van der Waals surface area contributed by atoms with Gasteiger partial charge in [-0.1, -0.05) is 17.3 Å². The lowest BCUT2D eigenvalue weighted by atomic mass is 9.90. The first kappa shape index (κ1) is 14.8. The van der Waals surface area contributed by atoms with Gasteiger partial charge in [-0.15, -0.1) is 0 Å². The Morgan fingerprint density at radius 3 is 2.59 bits per heavy atom. The second-order valence-electron chi connectivity index (χ2n) is 5.89. The maximum atomic E-state index is 12.9. The van der Waals surface area contributed by atoms with Gasteiger partial charge in [0.15, 0.2) is 5.69 Å². The van der Waals surface area contributed by atoms with Crippen molar-refractivity contribution in [2.45, 2.75) is 26.2 Å². The minimum Gasteiger partial charge on any atom is -0.361 e. The van der Waals surface area contributed by atoms with E-state index in [4.69, 9.17) is 4.52 Å². The molecule has 1 aliphatic rings. The lowest BCUT2D eigenvalue weighted by Crippen LogP contribution is -2.39. The molecule has 1 amide bonds. The van der Waals surface area contributed by atoms with Crippen LogP contribution in [0.1, 0.15) is 34.7 Å². The third-order valence-electron chi connectivity index (χ3n) is 4.19. The lowest BCUT2D eigenvalue weighted by Gasteiger charge is -2.31. The number of halogens is 1. The average molecular weight is 302 g/mol. The Hall–Kier alpha value is -2.17. The number of hydrogen-bond acceptors (Lipinski definition) is 3. The molecule has 0 radical (unpaired) electrons. The number of hydrogen-bond donors (Lipinski definition) is 0. The summed E-state index contributed by atoms with van der Waals surface area (Å²) in [6.45, 7) is 3.24. The summed E-state index contributed by atoms with van der Waals surface area (Å²) in [4.78, 5) is 14.1. The Morgan fingerprint density at radius 2 is 2.00 bits per heavy atom. The number of nitrogens with zero attached hydrogens (tertiary/aromatic N) is 2. The first-order valence-electron chi connectivity index (χ1n) is 7.59. The highest BCUT2D eigenvalue weighted by atomic mass is 19.1. The van der Waals surface area contributed by atoms with Crippen molar-refractivity contribution in [3.63, 3.8) is 0 Å². The van der Waals surface area contributed by atoms with Crippen molar-refractivity contribution in [1.29, 1.82) is 0 Å². The molecule has 1 saturated heterocycles. The highest BCUT2D eigenvalue weighted by molar-refractivity contribution is 5.92. The molecule has 0 bridgehead atoms.